The van der Waals surface area contributed by atoms with Crippen molar-refractivity contribution < 1.29 is 9.18 Å². The Kier molecular flexibility index (Phi) is 4.55. The maximum atomic E-state index is 13.6. The lowest BCUT2D eigenvalue weighted by atomic mass is 9.99. The number of aromatic nitrogens is 2. The molecule has 0 aliphatic carbocycles. The van der Waals surface area contributed by atoms with Gasteiger partial charge in [0.05, 0.1) is 0 Å². The van der Waals surface area contributed by atoms with Gasteiger partial charge in [0.25, 0.3) is 5.91 Å². The summed E-state index contributed by atoms with van der Waals surface area (Å²) in [6.07, 6.45) is 1.63. The highest BCUT2D eigenvalue weighted by Gasteiger charge is 2.28. The van der Waals surface area contributed by atoms with E-state index in [1.165, 1.54) is 12.1 Å². The predicted octanol–water partition coefficient (Wildman–Crippen LogP) is 1.97. The van der Waals surface area contributed by atoms with Crippen molar-refractivity contribution >= 4 is 11.7 Å². The summed E-state index contributed by atoms with van der Waals surface area (Å²) in [5, 5.41) is 0. The first kappa shape index (κ1) is 17.9. The Hall–Kier alpha value is -2.54. The van der Waals surface area contributed by atoms with Gasteiger partial charge >= 0.3 is 0 Å². The monoisotopic (exact) mass is 369 g/mol. The molecule has 4 rings (SSSR count). The summed E-state index contributed by atoms with van der Waals surface area (Å²) in [5.41, 5.74) is 9.75. The van der Waals surface area contributed by atoms with Crippen LogP contribution in [0, 0.1) is 19.7 Å². The molecule has 2 aliphatic heterocycles. The van der Waals surface area contributed by atoms with Crippen LogP contribution < -0.4 is 10.6 Å². The van der Waals surface area contributed by atoms with E-state index in [0.717, 1.165) is 47.7 Å². The molecule has 1 amide bonds. The van der Waals surface area contributed by atoms with Gasteiger partial charge in [-0.15, -0.1) is 0 Å². The normalized spacial score (nSPS) is 19.3. The predicted molar refractivity (Wildman–Crippen MR) is 101 cm³/mol. The van der Waals surface area contributed by atoms with E-state index < -0.39 is 0 Å². The minimum atomic E-state index is -0.280. The minimum Gasteiger partial charge on any atom is -0.355 e. The topological polar surface area (TPSA) is 75.4 Å². The highest BCUT2D eigenvalue weighted by molar-refractivity contribution is 5.91. The molecule has 2 aliphatic rings. The maximum absolute atomic E-state index is 13.6. The first-order valence-corrected chi connectivity index (χ1v) is 9.34. The molecule has 0 radical (unpaired) electrons. The smallest absolute Gasteiger partial charge is 0.292 e. The van der Waals surface area contributed by atoms with Crippen LogP contribution >= 0.6 is 0 Å². The van der Waals surface area contributed by atoms with Crippen molar-refractivity contribution in [2.24, 2.45) is 5.73 Å². The average molecular weight is 369 g/mol. The summed E-state index contributed by atoms with van der Waals surface area (Å²) in [6.45, 7) is 6.41. The molecular formula is C20H24FN5O. The molecular weight excluding hydrogens is 345 g/mol. The van der Waals surface area contributed by atoms with Crippen LogP contribution in [0.3, 0.4) is 0 Å². The summed E-state index contributed by atoms with van der Waals surface area (Å²) in [4.78, 5) is 25.9. The Morgan fingerprint density at radius 3 is 2.78 bits per heavy atom. The fourth-order valence-corrected chi connectivity index (χ4v) is 3.84. The van der Waals surface area contributed by atoms with Gasteiger partial charge in [0, 0.05) is 43.5 Å². The molecule has 7 heteroatoms. The van der Waals surface area contributed by atoms with Gasteiger partial charge in [-0.25, -0.2) is 14.4 Å². The molecule has 0 spiro atoms. The van der Waals surface area contributed by atoms with Crippen molar-refractivity contribution in [1.29, 1.82) is 0 Å². The van der Waals surface area contributed by atoms with E-state index in [4.69, 9.17) is 5.73 Å². The van der Waals surface area contributed by atoms with Crippen LogP contribution in [0.1, 0.15) is 39.4 Å². The summed E-state index contributed by atoms with van der Waals surface area (Å²) in [5.74, 6) is 0.506. The largest absolute Gasteiger partial charge is 0.355 e. The van der Waals surface area contributed by atoms with E-state index in [0.29, 0.717) is 19.5 Å². The molecule has 1 aromatic carbocycles. The van der Waals surface area contributed by atoms with Crippen LogP contribution in [-0.4, -0.2) is 46.5 Å². The van der Waals surface area contributed by atoms with Crippen molar-refractivity contribution in [2.45, 2.75) is 39.3 Å². The third kappa shape index (κ3) is 3.39. The zero-order valence-electron chi connectivity index (χ0n) is 15.7. The number of hydrogen-bond donors (Lipinski definition) is 1. The van der Waals surface area contributed by atoms with Gasteiger partial charge < -0.3 is 15.5 Å². The SMILES string of the molecule is Cc1nc(C(=O)N2CCc3ccc(F)cc3C2)nc(N2CC[C@@H](N)C2)c1C. The van der Waals surface area contributed by atoms with Crippen LogP contribution in [0.4, 0.5) is 10.2 Å². The summed E-state index contributed by atoms with van der Waals surface area (Å²) in [7, 11) is 0. The second kappa shape index (κ2) is 6.88. The minimum absolute atomic E-state index is 0.132. The Balaban J connectivity index is 1.61. The van der Waals surface area contributed by atoms with Crippen LogP contribution in [0.25, 0.3) is 0 Å². The number of carbonyl (C=O) groups is 1. The zero-order valence-corrected chi connectivity index (χ0v) is 15.7. The van der Waals surface area contributed by atoms with Gasteiger partial charge in [0.1, 0.15) is 11.6 Å². The molecule has 27 heavy (non-hydrogen) atoms. The van der Waals surface area contributed by atoms with Crippen molar-refractivity contribution in [3.05, 3.63) is 52.2 Å². The van der Waals surface area contributed by atoms with Gasteiger partial charge in [0.2, 0.25) is 5.82 Å². The van der Waals surface area contributed by atoms with Gasteiger partial charge in [-0.1, -0.05) is 6.07 Å². The molecule has 2 N–H and O–H groups in total. The first-order valence-electron chi connectivity index (χ1n) is 9.34. The van der Waals surface area contributed by atoms with E-state index >= 15 is 0 Å². The zero-order chi connectivity index (χ0) is 19.1. The number of halogens is 1. The van der Waals surface area contributed by atoms with E-state index in [2.05, 4.69) is 14.9 Å². The standard InChI is InChI=1S/C20H24FN5O/c1-12-13(2)23-18(24-19(12)25-8-6-17(22)11-25)20(27)26-7-5-14-3-4-16(21)9-15(14)10-26/h3-4,9,17H,5-8,10-11,22H2,1-2H3/t17-/m1/s1. The van der Waals surface area contributed by atoms with E-state index in [1.807, 2.05) is 13.8 Å². The number of benzene rings is 1. The van der Waals surface area contributed by atoms with Crippen LogP contribution in [0.15, 0.2) is 18.2 Å². The number of fused-ring (bicyclic) bond motifs is 1. The number of anilines is 1. The number of hydrogen-bond acceptors (Lipinski definition) is 5. The van der Waals surface area contributed by atoms with Gasteiger partial charge in [-0.3, -0.25) is 4.79 Å². The van der Waals surface area contributed by atoms with Gasteiger partial charge in [-0.2, -0.15) is 0 Å². The Morgan fingerprint density at radius 2 is 2.04 bits per heavy atom. The summed E-state index contributed by atoms with van der Waals surface area (Å²) >= 11 is 0. The molecule has 6 nitrogen and oxygen atoms in total. The highest BCUT2D eigenvalue weighted by atomic mass is 19.1. The molecule has 1 saturated heterocycles. The molecule has 3 heterocycles. The van der Waals surface area contributed by atoms with E-state index in [-0.39, 0.29) is 23.6 Å². The fraction of sp³-hybridized carbons (Fsp3) is 0.450. The molecule has 0 saturated carbocycles. The number of nitrogens with two attached hydrogens (primary N) is 1. The lowest BCUT2D eigenvalue weighted by Crippen LogP contribution is -2.37. The molecule has 0 bridgehead atoms. The molecule has 142 valence electrons. The average Bonchev–Trinajstić information content (AvgIpc) is 3.08. The highest BCUT2D eigenvalue weighted by Crippen LogP contribution is 2.25. The van der Waals surface area contributed by atoms with Crippen LogP contribution in [0.5, 0.6) is 0 Å². The first-order chi connectivity index (χ1) is 12.9. The summed E-state index contributed by atoms with van der Waals surface area (Å²) in [6, 6.07) is 4.91. The molecule has 2 aromatic rings. The lowest BCUT2D eigenvalue weighted by molar-refractivity contribution is 0.0721. The fourth-order valence-electron chi connectivity index (χ4n) is 3.84. The summed E-state index contributed by atoms with van der Waals surface area (Å²) < 4.78 is 13.6. The number of rotatable bonds is 2. The van der Waals surface area contributed by atoms with Crippen molar-refractivity contribution in [1.82, 2.24) is 14.9 Å². The number of carbonyl (C=O) groups excluding carboxylic acids is 1. The number of aryl methyl sites for hydroxylation is 1. The maximum Gasteiger partial charge on any atom is 0.292 e. The lowest BCUT2D eigenvalue weighted by Gasteiger charge is -2.29. The Bertz CT molecular complexity index is 900. The molecule has 1 aromatic heterocycles. The van der Waals surface area contributed by atoms with Crippen molar-refractivity contribution in [3.63, 3.8) is 0 Å². The van der Waals surface area contributed by atoms with E-state index in [9.17, 15) is 9.18 Å². The molecule has 0 unspecified atom stereocenters. The molecule has 1 fully saturated rings. The second-order valence-electron chi connectivity index (χ2n) is 7.47. The van der Waals surface area contributed by atoms with Crippen LogP contribution in [-0.2, 0) is 13.0 Å². The number of nitrogens with zero attached hydrogens (tertiary/aromatic N) is 4. The third-order valence-electron chi connectivity index (χ3n) is 5.55. The van der Waals surface area contributed by atoms with Crippen molar-refractivity contribution in [2.75, 3.05) is 24.5 Å². The third-order valence-corrected chi connectivity index (χ3v) is 5.55. The van der Waals surface area contributed by atoms with Gasteiger partial charge in [-0.05, 0) is 49.9 Å². The Morgan fingerprint density at radius 1 is 1.22 bits per heavy atom. The van der Waals surface area contributed by atoms with Crippen LogP contribution in [0.2, 0.25) is 0 Å². The van der Waals surface area contributed by atoms with Crippen molar-refractivity contribution in [3.8, 4) is 0 Å². The number of amides is 1. The van der Waals surface area contributed by atoms with E-state index in [1.54, 1.807) is 11.0 Å². The molecule has 1 atom stereocenters. The second-order valence-corrected chi connectivity index (χ2v) is 7.47. The Labute approximate surface area is 158 Å². The quantitative estimate of drug-likeness (QED) is 0.876. The van der Waals surface area contributed by atoms with Gasteiger partial charge in [0.15, 0.2) is 0 Å².